The molecule has 3 heteroatoms. The first kappa shape index (κ1) is 13.6. The van der Waals surface area contributed by atoms with E-state index in [9.17, 15) is 4.79 Å². The SMILES string of the molecule is C=C(C)COC(=O)C1CCC2OC2(C(C)(C)C)C1. The molecule has 0 aromatic carbocycles. The summed E-state index contributed by atoms with van der Waals surface area (Å²) in [4.78, 5) is 12.0. The van der Waals surface area contributed by atoms with Crippen molar-refractivity contribution < 1.29 is 14.3 Å². The predicted octanol–water partition coefficient (Wildman–Crippen LogP) is 3.09. The fourth-order valence-electron chi connectivity index (χ4n) is 2.99. The van der Waals surface area contributed by atoms with Crippen molar-refractivity contribution in [3.63, 3.8) is 0 Å². The first-order chi connectivity index (χ1) is 8.26. The van der Waals surface area contributed by atoms with E-state index in [-0.39, 0.29) is 22.9 Å². The van der Waals surface area contributed by atoms with Crippen LogP contribution in [0.15, 0.2) is 12.2 Å². The van der Waals surface area contributed by atoms with Crippen LogP contribution in [0.1, 0.15) is 47.0 Å². The highest BCUT2D eigenvalue weighted by Gasteiger charge is 2.66. The molecular weight excluding hydrogens is 228 g/mol. The lowest BCUT2D eigenvalue weighted by Gasteiger charge is -2.33. The number of fused-ring (bicyclic) bond motifs is 1. The number of hydrogen-bond donors (Lipinski definition) is 0. The van der Waals surface area contributed by atoms with Gasteiger partial charge >= 0.3 is 5.97 Å². The van der Waals surface area contributed by atoms with Gasteiger partial charge in [-0.1, -0.05) is 27.4 Å². The van der Waals surface area contributed by atoms with E-state index >= 15 is 0 Å². The second kappa shape index (κ2) is 4.37. The number of carbonyl (C=O) groups excluding carboxylic acids is 1. The summed E-state index contributed by atoms with van der Waals surface area (Å²) in [5.74, 6) is -0.0992. The van der Waals surface area contributed by atoms with E-state index in [1.165, 1.54) is 0 Å². The fraction of sp³-hybridized carbons (Fsp3) is 0.800. The van der Waals surface area contributed by atoms with Crippen LogP contribution in [0.4, 0.5) is 0 Å². The van der Waals surface area contributed by atoms with Gasteiger partial charge < -0.3 is 9.47 Å². The zero-order valence-electron chi connectivity index (χ0n) is 11.9. The van der Waals surface area contributed by atoms with Crippen molar-refractivity contribution in [2.24, 2.45) is 11.3 Å². The molecule has 0 spiro atoms. The number of rotatable bonds is 3. The van der Waals surface area contributed by atoms with E-state index in [0.717, 1.165) is 24.8 Å². The molecule has 1 aliphatic carbocycles. The summed E-state index contributed by atoms with van der Waals surface area (Å²) in [6.45, 7) is 12.5. The smallest absolute Gasteiger partial charge is 0.309 e. The predicted molar refractivity (Wildman–Crippen MR) is 70.2 cm³/mol. The van der Waals surface area contributed by atoms with Crippen LogP contribution in [-0.2, 0) is 14.3 Å². The molecule has 0 amide bonds. The van der Waals surface area contributed by atoms with Gasteiger partial charge in [-0.3, -0.25) is 4.79 Å². The first-order valence-corrected chi connectivity index (χ1v) is 6.75. The molecule has 102 valence electrons. The number of carbonyl (C=O) groups is 1. The quantitative estimate of drug-likeness (QED) is 0.440. The van der Waals surface area contributed by atoms with Gasteiger partial charge in [0.15, 0.2) is 0 Å². The molecule has 3 nitrogen and oxygen atoms in total. The van der Waals surface area contributed by atoms with Gasteiger partial charge in [-0.2, -0.15) is 0 Å². The van der Waals surface area contributed by atoms with E-state index < -0.39 is 0 Å². The third-order valence-corrected chi connectivity index (χ3v) is 4.21. The van der Waals surface area contributed by atoms with Gasteiger partial charge in [-0.15, -0.1) is 0 Å². The van der Waals surface area contributed by atoms with Crippen LogP contribution in [-0.4, -0.2) is 24.3 Å². The Morgan fingerprint density at radius 1 is 1.44 bits per heavy atom. The van der Waals surface area contributed by atoms with Crippen molar-refractivity contribution in [2.75, 3.05) is 6.61 Å². The van der Waals surface area contributed by atoms with E-state index in [2.05, 4.69) is 27.4 Å². The summed E-state index contributed by atoms with van der Waals surface area (Å²) < 4.78 is 11.2. The number of hydrogen-bond acceptors (Lipinski definition) is 3. The van der Waals surface area contributed by atoms with Crippen molar-refractivity contribution in [3.8, 4) is 0 Å². The number of ether oxygens (including phenoxy) is 2. The van der Waals surface area contributed by atoms with E-state index in [0.29, 0.717) is 12.7 Å². The molecule has 1 aliphatic heterocycles. The molecule has 2 rings (SSSR count). The normalized spacial score (nSPS) is 34.7. The molecule has 0 radical (unpaired) electrons. The summed E-state index contributed by atoms with van der Waals surface area (Å²) in [6.07, 6.45) is 3.01. The van der Waals surface area contributed by atoms with Crippen LogP contribution in [0, 0.1) is 11.3 Å². The molecule has 0 N–H and O–H groups in total. The third-order valence-electron chi connectivity index (χ3n) is 4.21. The molecule has 3 unspecified atom stereocenters. The monoisotopic (exact) mass is 252 g/mol. The number of epoxide rings is 1. The van der Waals surface area contributed by atoms with Crippen molar-refractivity contribution in [1.82, 2.24) is 0 Å². The second-order valence-corrected chi connectivity index (χ2v) is 6.79. The summed E-state index contributed by atoms with van der Waals surface area (Å²) in [5.41, 5.74) is 0.869. The fourth-order valence-corrected chi connectivity index (χ4v) is 2.99. The average Bonchev–Trinajstić information content (AvgIpc) is 2.99. The third kappa shape index (κ3) is 2.33. The van der Waals surface area contributed by atoms with Crippen molar-refractivity contribution in [3.05, 3.63) is 12.2 Å². The second-order valence-electron chi connectivity index (χ2n) is 6.79. The minimum absolute atomic E-state index is 0.0117. The van der Waals surface area contributed by atoms with Crippen LogP contribution < -0.4 is 0 Å². The Morgan fingerprint density at radius 2 is 2.11 bits per heavy atom. The van der Waals surface area contributed by atoms with Gasteiger partial charge in [0.05, 0.1) is 12.0 Å². The summed E-state index contributed by atoms with van der Waals surface area (Å²) >= 11 is 0. The Bertz CT molecular complexity index is 366. The standard InChI is InChI=1S/C15H24O3/c1-10(2)9-17-13(16)11-6-7-12-15(8-11,18-12)14(3,4)5/h11-12H,1,6-9H2,2-5H3. The summed E-state index contributed by atoms with van der Waals surface area (Å²) in [5, 5.41) is 0. The van der Waals surface area contributed by atoms with Gasteiger partial charge in [0.2, 0.25) is 0 Å². The molecule has 1 saturated heterocycles. The van der Waals surface area contributed by atoms with Gasteiger partial charge in [-0.25, -0.2) is 0 Å². The van der Waals surface area contributed by atoms with Crippen LogP contribution in [0.5, 0.6) is 0 Å². The van der Waals surface area contributed by atoms with Crippen LogP contribution in [0.2, 0.25) is 0 Å². The molecular formula is C15H24O3. The Hall–Kier alpha value is -0.830. The highest BCUT2D eigenvalue weighted by Crippen LogP contribution is 2.59. The van der Waals surface area contributed by atoms with Crippen molar-refractivity contribution in [2.45, 2.75) is 58.7 Å². The highest BCUT2D eigenvalue weighted by atomic mass is 16.6. The maximum atomic E-state index is 12.0. The van der Waals surface area contributed by atoms with E-state index in [1.54, 1.807) is 0 Å². The van der Waals surface area contributed by atoms with Crippen LogP contribution >= 0.6 is 0 Å². The van der Waals surface area contributed by atoms with Crippen LogP contribution in [0.3, 0.4) is 0 Å². The van der Waals surface area contributed by atoms with Gasteiger partial charge in [0.25, 0.3) is 0 Å². The average molecular weight is 252 g/mol. The summed E-state index contributed by atoms with van der Waals surface area (Å²) in [6, 6.07) is 0. The Morgan fingerprint density at radius 3 is 2.67 bits per heavy atom. The molecule has 1 heterocycles. The number of esters is 1. The molecule has 2 aliphatic rings. The minimum Gasteiger partial charge on any atom is -0.461 e. The topological polar surface area (TPSA) is 38.8 Å². The highest BCUT2D eigenvalue weighted by molar-refractivity contribution is 5.73. The zero-order chi connectivity index (χ0) is 13.6. The lowest BCUT2D eigenvalue weighted by molar-refractivity contribution is -0.149. The first-order valence-electron chi connectivity index (χ1n) is 6.75. The zero-order valence-corrected chi connectivity index (χ0v) is 11.9. The lowest BCUT2D eigenvalue weighted by atomic mass is 9.68. The lowest BCUT2D eigenvalue weighted by Crippen LogP contribution is -2.40. The Labute approximate surface area is 110 Å². The van der Waals surface area contributed by atoms with Gasteiger partial charge in [-0.05, 0) is 37.2 Å². The molecule has 0 aromatic heterocycles. The molecule has 0 bridgehead atoms. The Balaban J connectivity index is 1.96. The molecule has 3 atom stereocenters. The van der Waals surface area contributed by atoms with E-state index in [4.69, 9.17) is 9.47 Å². The van der Waals surface area contributed by atoms with E-state index in [1.807, 2.05) is 6.92 Å². The minimum atomic E-state index is -0.0990. The molecule has 2 fully saturated rings. The maximum absolute atomic E-state index is 12.0. The van der Waals surface area contributed by atoms with Crippen LogP contribution in [0.25, 0.3) is 0 Å². The largest absolute Gasteiger partial charge is 0.461 e. The van der Waals surface area contributed by atoms with Gasteiger partial charge in [0.1, 0.15) is 12.2 Å². The molecule has 1 saturated carbocycles. The summed E-state index contributed by atoms with van der Waals surface area (Å²) in [7, 11) is 0. The van der Waals surface area contributed by atoms with Crippen molar-refractivity contribution >= 4 is 5.97 Å². The van der Waals surface area contributed by atoms with Gasteiger partial charge in [0, 0.05) is 0 Å². The Kier molecular flexibility index (Phi) is 3.30. The maximum Gasteiger partial charge on any atom is 0.309 e. The van der Waals surface area contributed by atoms with Crippen molar-refractivity contribution in [1.29, 1.82) is 0 Å². The molecule has 0 aromatic rings. The molecule has 18 heavy (non-hydrogen) atoms.